The van der Waals surface area contributed by atoms with Gasteiger partial charge in [-0.25, -0.2) is 4.98 Å². The molecule has 6 heteroatoms. The molecule has 1 N–H and O–H groups in total. The summed E-state index contributed by atoms with van der Waals surface area (Å²) >= 11 is 0. The summed E-state index contributed by atoms with van der Waals surface area (Å²) in [6, 6.07) is 13.0. The first-order valence-corrected chi connectivity index (χ1v) is 8.75. The number of hydrogen-bond acceptors (Lipinski definition) is 4. The summed E-state index contributed by atoms with van der Waals surface area (Å²) in [7, 11) is 0. The quantitative estimate of drug-likeness (QED) is 0.753. The summed E-state index contributed by atoms with van der Waals surface area (Å²) in [5.74, 6) is 2.79. The first-order valence-electron chi connectivity index (χ1n) is 8.75. The maximum absolute atomic E-state index is 12.0. The fourth-order valence-corrected chi connectivity index (χ4v) is 2.84. The Kier molecular flexibility index (Phi) is 4.39. The zero-order valence-corrected chi connectivity index (χ0v) is 14.6. The molecule has 4 rings (SSSR count). The molecule has 0 saturated heterocycles. The van der Waals surface area contributed by atoms with Crippen molar-refractivity contribution in [2.75, 3.05) is 5.32 Å². The molecule has 0 bridgehead atoms. The van der Waals surface area contributed by atoms with Crippen molar-refractivity contribution in [1.29, 1.82) is 0 Å². The lowest BCUT2D eigenvalue weighted by Gasteiger charge is -2.24. The van der Waals surface area contributed by atoms with E-state index in [1.165, 1.54) is 0 Å². The average molecular weight is 348 g/mol. The second kappa shape index (κ2) is 7.00. The van der Waals surface area contributed by atoms with E-state index in [4.69, 9.17) is 4.74 Å². The van der Waals surface area contributed by atoms with Gasteiger partial charge in [0.2, 0.25) is 11.8 Å². The number of nitrogens with zero attached hydrogens (tertiary/aromatic N) is 3. The number of rotatable bonds is 5. The SMILES string of the molecule is Cc1nc(Oc2ccc(NC(=O)C3CCC3)cc2)cc(-n2cccc2)n1. The van der Waals surface area contributed by atoms with E-state index in [9.17, 15) is 4.79 Å². The summed E-state index contributed by atoms with van der Waals surface area (Å²) in [6.07, 6.45) is 6.97. The number of carbonyl (C=O) groups is 1. The number of carbonyl (C=O) groups excluding carboxylic acids is 1. The van der Waals surface area contributed by atoms with Gasteiger partial charge in [-0.1, -0.05) is 6.42 Å². The Morgan fingerprint density at radius 2 is 1.88 bits per heavy atom. The summed E-state index contributed by atoms with van der Waals surface area (Å²) in [4.78, 5) is 20.8. The van der Waals surface area contributed by atoms with Crippen molar-refractivity contribution in [2.24, 2.45) is 5.92 Å². The summed E-state index contributed by atoms with van der Waals surface area (Å²) in [5, 5.41) is 2.95. The normalized spacial score (nSPS) is 13.9. The van der Waals surface area contributed by atoms with Crippen molar-refractivity contribution >= 4 is 11.6 Å². The lowest BCUT2D eigenvalue weighted by Crippen LogP contribution is -2.27. The van der Waals surface area contributed by atoms with Crippen LogP contribution in [-0.2, 0) is 4.79 Å². The molecule has 0 unspecified atom stereocenters. The van der Waals surface area contributed by atoms with Crippen LogP contribution in [0.3, 0.4) is 0 Å². The third-order valence-electron chi connectivity index (χ3n) is 4.49. The molecule has 2 aromatic heterocycles. The molecule has 0 radical (unpaired) electrons. The van der Waals surface area contributed by atoms with Crippen LogP contribution in [0.15, 0.2) is 54.9 Å². The number of benzene rings is 1. The minimum Gasteiger partial charge on any atom is -0.439 e. The highest BCUT2D eigenvalue weighted by Crippen LogP contribution is 2.28. The molecule has 1 aromatic carbocycles. The van der Waals surface area contributed by atoms with Gasteiger partial charge in [0.25, 0.3) is 0 Å². The minimum atomic E-state index is 0.104. The van der Waals surface area contributed by atoms with Gasteiger partial charge >= 0.3 is 0 Å². The van der Waals surface area contributed by atoms with Crippen LogP contribution in [-0.4, -0.2) is 20.4 Å². The van der Waals surface area contributed by atoms with Crippen LogP contribution < -0.4 is 10.1 Å². The van der Waals surface area contributed by atoms with E-state index in [0.29, 0.717) is 17.5 Å². The third kappa shape index (κ3) is 3.59. The molecular formula is C20H20N4O2. The number of amides is 1. The van der Waals surface area contributed by atoms with E-state index >= 15 is 0 Å². The van der Waals surface area contributed by atoms with E-state index in [-0.39, 0.29) is 11.8 Å². The Labute approximate surface area is 151 Å². The number of aryl methyl sites for hydroxylation is 1. The predicted octanol–water partition coefficient (Wildman–Crippen LogP) is 4.11. The van der Waals surface area contributed by atoms with E-state index in [0.717, 1.165) is 30.8 Å². The number of ether oxygens (including phenoxy) is 1. The maximum atomic E-state index is 12.0. The van der Waals surface area contributed by atoms with Crippen LogP contribution >= 0.6 is 0 Å². The summed E-state index contributed by atoms with van der Waals surface area (Å²) in [6.45, 7) is 1.83. The van der Waals surface area contributed by atoms with Crippen LogP contribution in [0, 0.1) is 12.8 Å². The highest BCUT2D eigenvalue weighted by atomic mass is 16.5. The lowest BCUT2D eigenvalue weighted by molar-refractivity contribution is -0.122. The fourth-order valence-electron chi connectivity index (χ4n) is 2.84. The molecular weight excluding hydrogens is 328 g/mol. The van der Waals surface area contributed by atoms with Gasteiger partial charge in [-0.15, -0.1) is 0 Å². The highest BCUT2D eigenvalue weighted by Gasteiger charge is 2.25. The maximum Gasteiger partial charge on any atom is 0.227 e. The lowest BCUT2D eigenvalue weighted by atomic mass is 9.85. The average Bonchev–Trinajstić information content (AvgIpc) is 3.09. The van der Waals surface area contributed by atoms with Gasteiger partial charge in [0, 0.05) is 30.1 Å². The van der Waals surface area contributed by atoms with E-state index < -0.39 is 0 Å². The molecule has 1 amide bonds. The van der Waals surface area contributed by atoms with Crippen LogP contribution in [0.5, 0.6) is 11.6 Å². The van der Waals surface area contributed by atoms with Gasteiger partial charge in [-0.3, -0.25) is 4.79 Å². The Morgan fingerprint density at radius 3 is 2.54 bits per heavy atom. The molecule has 132 valence electrons. The molecule has 1 aliphatic carbocycles. The van der Waals surface area contributed by atoms with Crippen molar-refractivity contribution in [3.05, 3.63) is 60.7 Å². The second-order valence-electron chi connectivity index (χ2n) is 6.45. The first-order chi connectivity index (χ1) is 12.7. The number of anilines is 1. The summed E-state index contributed by atoms with van der Waals surface area (Å²) < 4.78 is 7.76. The van der Waals surface area contributed by atoms with Crippen molar-refractivity contribution < 1.29 is 9.53 Å². The van der Waals surface area contributed by atoms with Gasteiger partial charge < -0.3 is 14.6 Å². The van der Waals surface area contributed by atoms with E-state index in [1.807, 2.05) is 60.3 Å². The highest BCUT2D eigenvalue weighted by molar-refractivity contribution is 5.93. The van der Waals surface area contributed by atoms with Crippen molar-refractivity contribution in [2.45, 2.75) is 26.2 Å². The van der Waals surface area contributed by atoms with Gasteiger partial charge in [-0.05, 0) is 56.2 Å². The zero-order chi connectivity index (χ0) is 17.9. The van der Waals surface area contributed by atoms with Gasteiger partial charge in [0.05, 0.1) is 0 Å². The number of hydrogen-bond donors (Lipinski definition) is 1. The Hall–Kier alpha value is -3.15. The molecule has 1 fully saturated rings. The zero-order valence-electron chi connectivity index (χ0n) is 14.6. The summed E-state index contributed by atoms with van der Waals surface area (Å²) in [5.41, 5.74) is 0.779. The Bertz CT molecular complexity index is 900. The number of aromatic nitrogens is 3. The second-order valence-corrected chi connectivity index (χ2v) is 6.45. The smallest absolute Gasteiger partial charge is 0.227 e. The molecule has 2 heterocycles. The van der Waals surface area contributed by atoms with Crippen molar-refractivity contribution in [1.82, 2.24) is 14.5 Å². The van der Waals surface area contributed by atoms with Crippen molar-refractivity contribution in [3.8, 4) is 17.4 Å². The standard InChI is InChI=1S/C20H20N4O2/c1-14-21-18(24-11-2-3-12-24)13-19(22-14)26-17-9-7-16(8-10-17)23-20(25)15-5-4-6-15/h2-3,7-13,15H,4-6H2,1H3,(H,23,25). The van der Waals surface area contributed by atoms with Crippen LogP contribution in [0.2, 0.25) is 0 Å². The van der Waals surface area contributed by atoms with Crippen LogP contribution in [0.4, 0.5) is 5.69 Å². The molecule has 1 saturated carbocycles. The topological polar surface area (TPSA) is 69.0 Å². The third-order valence-corrected chi connectivity index (χ3v) is 4.49. The molecule has 0 aliphatic heterocycles. The van der Waals surface area contributed by atoms with Gasteiger partial charge in [0.1, 0.15) is 17.4 Å². The van der Waals surface area contributed by atoms with Gasteiger partial charge in [0.15, 0.2) is 0 Å². The van der Waals surface area contributed by atoms with E-state index in [1.54, 1.807) is 6.07 Å². The number of nitrogens with one attached hydrogen (secondary N) is 1. The molecule has 0 spiro atoms. The fraction of sp³-hybridized carbons (Fsp3) is 0.250. The predicted molar refractivity (Wildman–Crippen MR) is 98.6 cm³/mol. The van der Waals surface area contributed by atoms with Crippen LogP contribution in [0.25, 0.3) is 5.82 Å². The molecule has 0 atom stereocenters. The molecule has 6 nitrogen and oxygen atoms in total. The van der Waals surface area contributed by atoms with E-state index in [2.05, 4.69) is 15.3 Å². The molecule has 1 aliphatic rings. The van der Waals surface area contributed by atoms with Gasteiger partial charge in [-0.2, -0.15) is 4.98 Å². The molecule has 3 aromatic rings. The van der Waals surface area contributed by atoms with Crippen LogP contribution in [0.1, 0.15) is 25.1 Å². The largest absolute Gasteiger partial charge is 0.439 e. The molecule has 26 heavy (non-hydrogen) atoms. The monoisotopic (exact) mass is 348 g/mol. The van der Waals surface area contributed by atoms with Crippen molar-refractivity contribution in [3.63, 3.8) is 0 Å². The Balaban J connectivity index is 1.46. The minimum absolute atomic E-state index is 0.104. The Morgan fingerprint density at radius 1 is 1.15 bits per heavy atom. The first kappa shape index (κ1) is 16.3.